The minimum absolute atomic E-state index is 0.309. The van der Waals surface area contributed by atoms with Gasteiger partial charge in [0.15, 0.2) is 0 Å². The van der Waals surface area contributed by atoms with Crippen molar-refractivity contribution in [3.63, 3.8) is 0 Å². The monoisotopic (exact) mass is 164 g/mol. The van der Waals surface area contributed by atoms with Crippen molar-refractivity contribution in [2.24, 2.45) is 5.73 Å². The molecule has 1 aliphatic carbocycles. The number of aromatic nitrogens is 1. The second-order valence-electron chi connectivity index (χ2n) is 3.16. The Labute approximate surface area is 71.6 Å². The van der Waals surface area contributed by atoms with E-state index < -0.39 is 0 Å². The molecular weight excluding hydrogens is 152 g/mol. The molecule has 1 fully saturated rings. The lowest BCUT2D eigenvalue weighted by Gasteiger charge is -2.32. The van der Waals surface area contributed by atoms with Gasteiger partial charge in [-0.2, -0.15) is 0 Å². The largest absolute Gasteiger partial charge is 0.489 e. The number of pyridine rings is 1. The standard InChI is InChI=1S/C9H12N2O/c10-7-4-9(5-7)12-8-2-1-3-11-6-8/h1-3,6-7,9H,4-5,10H2. The molecule has 0 aliphatic heterocycles. The van der Waals surface area contributed by atoms with Crippen LogP contribution in [0.4, 0.5) is 0 Å². The fourth-order valence-corrected chi connectivity index (χ4v) is 1.31. The van der Waals surface area contributed by atoms with Crippen molar-refractivity contribution in [3.8, 4) is 5.75 Å². The van der Waals surface area contributed by atoms with E-state index in [4.69, 9.17) is 10.5 Å². The Morgan fingerprint density at radius 2 is 2.33 bits per heavy atom. The number of rotatable bonds is 2. The molecule has 1 aromatic heterocycles. The van der Waals surface area contributed by atoms with Crippen LogP contribution in [-0.2, 0) is 0 Å². The minimum atomic E-state index is 0.309. The first-order valence-corrected chi connectivity index (χ1v) is 4.17. The summed E-state index contributed by atoms with van der Waals surface area (Å²) in [6.45, 7) is 0. The molecule has 0 spiro atoms. The maximum Gasteiger partial charge on any atom is 0.137 e. The minimum Gasteiger partial charge on any atom is -0.489 e. The number of hydrogen-bond donors (Lipinski definition) is 1. The molecule has 3 nitrogen and oxygen atoms in total. The molecule has 0 amide bonds. The van der Waals surface area contributed by atoms with Gasteiger partial charge < -0.3 is 10.5 Å². The molecule has 0 bridgehead atoms. The summed E-state index contributed by atoms with van der Waals surface area (Å²) >= 11 is 0. The van der Waals surface area contributed by atoms with Crippen LogP contribution in [0.2, 0.25) is 0 Å². The predicted octanol–water partition coefficient (Wildman–Crippen LogP) is 0.950. The summed E-state index contributed by atoms with van der Waals surface area (Å²) in [5.74, 6) is 0.842. The Bertz CT molecular complexity index is 244. The molecule has 2 rings (SSSR count). The van der Waals surface area contributed by atoms with Crippen molar-refractivity contribution in [1.29, 1.82) is 0 Å². The van der Waals surface area contributed by atoms with E-state index in [-0.39, 0.29) is 0 Å². The van der Waals surface area contributed by atoms with E-state index in [2.05, 4.69) is 4.98 Å². The van der Waals surface area contributed by atoms with Crippen molar-refractivity contribution in [3.05, 3.63) is 24.5 Å². The van der Waals surface area contributed by atoms with Crippen LogP contribution in [0.5, 0.6) is 5.75 Å². The summed E-state index contributed by atoms with van der Waals surface area (Å²) in [6, 6.07) is 4.12. The van der Waals surface area contributed by atoms with Gasteiger partial charge in [-0.3, -0.25) is 4.98 Å². The molecule has 1 saturated carbocycles. The first-order chi connectivity index (χ1) is 5.84. The van der Waals surface area contributed by atoms with E-state index in [1.165, 1.54) is 0 Å². The molecule has 1 heterocycles. The molecule has 3 heteroatoms. The zero-order chi connectivity index (χ0) is 8.39. The van der Waals surface area contributed by atoms with Crippen molar-refractivity contribution >= 4 is 0 Å². The SMILES string of the molecule is NC1CC(Oc2cccnc2)C1. The predicted molar refractivity (Wildman–Crippen MR) is 45.9 cm³/mol. The summed E-state index contributed by atoms with van der Waals surface area (Å²) in [6.07, 6.45) is 5.71. The van der Waals surface area contributed by atoms with Crippen LogP contribution in [0.3, 0.4) is 0 Å². The van der Waals surface area contributed by atoms with Gasteiger partial charge in [0, 0.05) is 12.2 Å². The molecule has 2 N–H and O–H groups in total. The van der Waals surface area contributed by atoms with Crippen LogP contribution in [-0.4, -0.2) is 17.1 Å². The Kier molecular flexibility index (Phi) is 1.96. The zero-order valence-corrected chi connectivity index (χ0v) is 6.81. The van der Waals surface area contributed by atoms with E-state index in [9.17, 15) is 0 Å². The second kappa shape index (κ2) is 3.11. The second-order valence-corrected chi connectivity index (χ2v) is 3.16. The van der Waals surface area contributed by atoms with Crippen LogP contribution in [0.25, 0.3) is 0 Å². The van der Waals surface area contributed by atoms with Gasteiger partial charge in [-0.05, 0) is 25.0 Å². The third kappa shape index (κ3) is 1.56. The summed E-state index contributed by atoms with van der Waals surface area (Å²) < 4.78 is 5.58. The molecule has 0 saturated heterocycles. The van der Waals surface area contributed by atoms with Gasteiger partial charge in [0.25, 0.3) is 0 Å². The van der Waals surface area contributed by atoms with Crippen molar-refractivity contribution in [2.45, 2.75) is 25.0 Å². The van der Waals surface area contributed by atoms with Crippen molar-refractivity contribution in [1.82, 2.24) is 4.98 Å². The fraction of sp³-hybridized carbons (Fsp3) is 0.444. The quantitative estimate of drug-likeness (QED) is 0.708. The van der Waals surface area contributed by atoms with Crippen LogP contribution in [0, 0.1) is 0 Å². The molecule has 0 atom stereocenters. The Hall–Kier alpha value is -1.09. The van der Waals surface area contributed by atoms with Gasteiger partial charge in [-0.15, -0.1) is 0 Å². The van der Waals surface area contributed by atoms with Gasteiger partial charge in [0.05, 0.1) is 6.20 Å². The van der Waals surface area contributed by atoms with Gasteiger partial charge in [-0.1, -0.05) is 0 Å². The summed E-state index contributed by atoms with van der Waals surface area (Å²) in [5, 5.41) is 0. The van der Waals surface area contributed by atoms with E-state index >= 15 is 0 Å². The topological polar surface area (TPSA) is 48.1 Å². The van der Waals surface area contributed by atoms with E-state index in [0.717, 1.165) is 18.6 Å². The molecule has 0 aromatic carbocycles. The molecule has 12 heavy (non-hydrogen) atoms. The average Bonchev–Trinajstić information content (AvgIpc) is 2.04. The molecular formula is C9H12N2O. The average molecular weight is 164 g/mol. The lowest BCUT2D eigenvalue weighted by atomic mass is 9.90. The third-order valence-electron chi connectivity index (χ3n) is 2.07. The number of ether oxygens (including phenoxy) is 1. The number of nitrogens with zero attached hydrogens (tertiary/aromatic N) is 1. The Morgan fingerprint density at radius 1 is 1.50 bits per heavy atom. The van der Waals surface area contributed by atoms with Gasteiger partial charge in [0.1, 0.15) is 11.9 Å². The molecule has 1 aromatic rings. The highest BCUT2D eigenvalue weighted by Crippen LogP contribution is 2.23. The maximum atomic E-state index is 5.63. The normalized spacial score (nSPS) is 27.8. The zero-order valence-electron chi connectivity index (χ0n) is 6.81. The first kappa shape index (κ1) is 7.55. The Morgan fingerprint density at radius 3 is 2.92 bits per heavy atom. The highest BCUT2D eigenvalue weighted by atomic mass is 16.5. The number of nitrogens with two attached hydrogens (primary N) is 1. The molecule has 1 aliphatic rings. The molecule has 64 valence electrons. The van der Waals surface area contributed by atoms with Crippen LogP contribution >= 0.6 is 0 Å². The third-order valence-corrected chi connectivity index (χ3v) is 2.07. The fourth-order valence-electron chi connectivity index (χ4n) is 1.31. The smallest absolute Gasteiger partial charge is 0.137 e. The highest BCUT2D eigenvalue weighted by molar-refractivity contribution is 5.16. The summed E-state index contributed by atoms with van der Waals surface area (Å²) in [4.78, 5) is 3.96. The maximum absolute atomic E-state index is 5.63. The lowest BCUT2D eigenvalue weighted by Crippen LogP contribution is -2.43. The first-order valence-electron chi connectivity index (χ1n) is 4.17. The lowest BCUT2D eigenvalue weighted by molar-refractivity contribution is 0.100. The van der Waals surface area contributed by atoms with E-state index in [1.54, 1.807) is 12.4 Å². The summed E-state index contributed by atoms with van der Waals surface area (Å²) in [7, 11) is 0. The highest BCUT2D eigenvalue weighted by Gasteiger charge is 2.27. The van der Waals surface area contributed by atoms with Gasteiger partial charge in [-0.25, -0.2) is 0 Å². The molecule has 0 unspecified atom stereocenters. The van der Waals surface area contributed by atoms with Crippen molar-refractivity contribution < 1.29 is 4.74 Å². The van der Waals surface area contributed by atoms with Gasteiger partial charge in [0.2, 0.25) is 0 Å². The van der Waals surface area contributed by atoms with Crippen molar-refractivity contribution in [2.75, 3.05) is 0 Å². The molecule has 0 radical (unpaired) electrons. The summed E-state index contributed by atoms with van der Waals surface area (Å²) in [5.41, 5.74) is 5.63. The van der Waals surface area contributed by atoms with Crippen LogP contribution in [0.1, 0.15) is 12.8 Å². The van der Waals surface area contributed by atoms with Crippen LogP contribution in [0.15, 0.2) is 24.5 Å². The van der Waals surface area contributed by atoms with E-state index in [1.807, 2.05) is 12.1 Å². The van der Waals surface area contributed by atoms with Crippen LogP contribution < -0.4 is 10.5 Å². The van der Waals surface area contributed by atoms with E-state index in [0.29, 0.717) is 12.1 Å². The van der Waals surface area contributed by atoms with Gasteiger partial charge >= 0.3 is 0 Å². The Balaban J connectivity index is 1.88. The number of hydrogen-bond acceptors (Lipinski definition) is 3.